The molecule has 0 spiro atoms. The van der Waals surface area contributed by atoms with Gasteiger partial charge in [-0.2, -0.15) is 0 Å². The number of Topliss-reactive ketones (excluding diaryl/α,β-unsaturated/α-hetero) is 1. The third-order valence-corrected chi connectivity index (χ3v) is 5.93. The van der Waals surface area contributed by atoms with Crippen LogP contribution in [0.25, 0.3) is 10.2 Å². The van der Waals surface area contributed by atoms with E-state index >= 15 is 0 Å². The molecule has 1 N–H and O–H groups in total. The number of hydrogen-bond donors (Lipinski definition) is 0. The summed E-state index contributed by atoms with van der Waals surface area (Å²) in [6.07, 6.45) is 1.82. The van der Waals surface area contributed by atoms with Crippen LogP contribution in [0.15, 0.2) is 76.1 Å². The Labute approximate surface area is 163 Å². The second kappa shape index (κ2) is 7.85. The summed E-state index contributed by atoms with van der Waals surface area (Å²) in [6, 6.07) is 16.7. The number of H-pyrrole nitrogens is 1. The molecule has 0 saturated heterocycles. The van der Waals surface area contributed by atoms with Crippen molar-refractivity contribution in [2.24, 2.45) is 0 Å². The molecule has 0 fully saturated rings. The van der Waals surface area contributed by atoms with Crippen molar-refractivity contribution in [1.82, 2.24) is 9.55 Å². The summed E-state index contributed by atoms with van der Waals surface area (Å²) in [7, 11) is 0. The van der Waals surface area contributed by atoms with Crippen LogP contribution in [0.2, 0.25) is 0 Å². The van der Waals surface area contributed by atoms with Gasteiger partial charge in [-0.25, -0.2) is 9.97 Å². The predicted molar refractivity (Wildman–Crippen MR) is 107 cm³/mol. The van der Waals surface area contributed by atoms with Crippen molar-refractivity contribution in [3.63, 3.8) is 0 Å². The van der Waals surface area contributed by atoms with Crippen LogP contribution in [0.3, 0.4) is 0 Å². The van der Waals surface area contributed by atoms with Gasteiger partial charge in [-0.1, -0.05) is 48.2 Å². The highest BCUT2D eigenvalue weighted by Gasteiger charge is 2.16. The Kier molecular flexibility index (Phi) is 5.13. The standard InChI is InChI=1S/C20H15N3O2S2/c24-17(14-6-2-1-3-7-14)13-27-20-22-16-9-11-26-18(16)19(25)23(20)12-15-8-4-5-10-21-15/h1-11H,12-13H2/p+1. The lowest BCUT2D eigenvalue weighted by Crippen LogP contribution is -2.26. The zero-order valence-corrected chi connectivity index (χ0v) is 15.9. The van der Waals surface area contributed by atoms with Crippen LogP contribution in [0, 0.1) is 0 Å². The topological polar surface area (TPSA) is 66.1 Å². The van der Waals surface area contributed by atoms with Gasteiger partial charge in [0.25, 0.3) is 5.56 Å². The van der Waals surface area contributed by atoms with Crippen molar-refractivity contribution in [1.29, 1.82) is 0 Å². The van der Waals surface area contributed by atoms with E-state index in [4.69, 9.17) is 0 Å². The third kappa shape index (κ3) is 3.84. The Morgan fingerprint density at radius 1 is 1.11 bits per heavy atom. The van der Waals surface area contributed by atoms with E-state index in [1.165, 1.54) is 23.1 Å². The number of rotatable bonds is 6. The molecule has 7 heteroatoms. The molecule has 0 unspecified atom stereocenters. The molecule has 0 aliphatic heterocycles. The van der Waals surface area contributed by atoms with E-state index in [2.05, 4.69) is 9.97 Å². The molecule has 0 aliphatic carbocycles. The highest BCUT2D eigenvalue weighted by atomic mass is 32.2. The van der Waals surface area contributed by atoms with E-state index in [9.17, 15) is 9.59 Å². The number of nitrogens with zero attached hydrogens (tertiary/aromatic N) is 2. The number of thioether (sulfide) groups is 1. The Morgan fingerprint density at radius 3 is 2.70 bits per heavy atom. The van der Waals surface area contributed by atoms with Gasteiger partial charge >= 0.3 is 0 Å². The summed E-state index contributed by atoms with van der Waals surface area (Å²) in [5, 5.41) is 2.41. The van der Waals surface area contributed by atoms with Crippen molar-refractivity contribution < 1.29 is 9.78 Å². The van der Waals surface area contributed by atoms with Gasteiger partial charge in [0.05, 0.1) is 11.3 Å². The Balaban J connectivity index is 1.67. The first-order valence-electron chi connectivity index (χ1n) is 8.37. The molecule has 0 saturated carbocycles. The quantitative estimate of drug-likeness (QED) is 0.286. The van der Waals surface area contributed by atoms with Gasteiger partial charge in [0, 0.05) is 17.7 Å². The number of aromatic nitrogens is 3. The highest BCUT2D eigenvalue weighted by molar-refractivity contribution is 7.99. The average Bonchev–Trinajstić information content (AvgIpc) is 3.19. The van der Waals surface area contributed by atoms with Crippen LogP contribution in [0.1, 0.15) is 16.1 Å². The molecule has 1 aromatic carbocycles. The number of benzene rings is 1. The first-order valence-corrected chi connectivity index (χ1v) is 10.2. The van der Waals surface area contributed by atoms with Crippen LogP contribution in [0.5, 0.6) is 0 Å². The monoisotopic (exact) mass is 394 g/mol. The number of aromatic amines is 1. The first kappa shape index (κ1) is 17.6. The number of thiophene rings is 1. The van der Waals surface area contributed by atoms with E-state index in [0.29, 0.717) is 27.5 Å². The molecule has 0 aliphatic rings. The largest absolute Gasteiger partial charge is 0.293 e. The molecule has 3 aromatic heterocycles. The Morgan fingerprint density at radius 2 is 1.93 bits per heavy atom. The Bertz CT molecular complexity index is 1140. The number of carbonyl (C=O) groups is 1. The van der Waals surface area contributed by atoms with Crippen LogP contribution in [0.4, 0.5) is 0 Å². The fourth-order valence-corrected chi connectivity index (χ4v) is 4.38. The van der Waals surface area contributed by atoms with Crippen LogP contribution in [-0.2, 0) is 6.54 Å². The van der Waals surface area contributed by atoms with Crippen molar-refractivity contribution in [2.45, 2.75) is 11.7 Å². The number of pyridine rings is 1. The van der Waals surface area contributed by atoms with Crippen molar-refractivity contribution >= 4 is 39.1 Å². The van der Waals surface area contributed by atoms with E-state index in [0.717, 1.165) is 5.69 Å². The van der Waals surface area contributed by atoms with Crippen molar-refractivity contribution in [2.75, 3.05) is 5.75 Å². The molecule has 4 rings (SSSR count). The number of carbonyl (C=O) groups excluding carboxylic acids is 1. The fourth-order valence-electron chi connectivity index (χ4n) is 2.71. The van der Waals surface area contributed by atoms with Crippen LogP contribution < -0.4 is 10.5 Å². The zero-order valence-electron chi connectivity index (χ0n) is 14.3. The van der Waals surface area contributed by atoms with E-state index in [1.54, 1.807) is 16.7 Å². The van der Waals surface area contributed by atoms with E-state index in [-0.39, 0.29) is 17.1 Å². The van der Waals surface area contributed by atoms with Gasteiger partial charge in [-0.3, -0.25) is 14.2 Å². The zero-order chi connectivity index (χ0) is 18.6. The smallest absolute Gasteiger partial charge is 0.272 e. The molecule has 3 heterocycles. The molecule has 0 bridgehead atoms. The summed E-state index contributed by atoms with van der Waals surface area (Å²) in [4.78, 5) is 33.2. The maximum Gasteiger partial charge on any atom is 0.272 e. The van der Waals surface area contributed by atoms with Gasteiger partial charge < -0.3 is 0 Å². The van der Waals surface area contributed by atoms with Crippen molar-refractivity contribution in [3.05, 3.63) is 87.8 Å². The van der Waals surface area contributed by atoms with Gasteiger partial charge in [-0.05, 0) is 11.4 Å². The maximum absolute atomic E-state index is 13.0. The van der Waals surface area contributed by atoms with Crippen molar-refractivity contribution in [3.8, 4) is 0 Å². The molecule has 5 nitrogen and oxygen atoms in total. The lowest BCUT2D eigenvalue weighted by atomic mass is 10.2. The van der Waals surface area contributed by atoms with Gasteiger partial charge in [-0.15, -0.1) is 11.3 Å². The molecule has 4 aromatic rings. The van der Waals surface area contributed by atoms with Gasteiger partial charge in [0.2, 0.25) is 0 Å². The summed E-state index contributed by atoms with van der Waals surface area (Å²) in [5.41, 5.74) is 2.15. The number of hydrogen-bond acceptors (Lipinski definition) is 5. The summed E-state index contributed by atoms with van der Waals surface area (Å²) in [6.45, 7) is 0.377. The molecule has 0 radical (unpaired) electrons. The molecule has 134 valence electrons. The maximum atomic E-state index is 13.0. The average molecular weight is 395 g/mol. The van der Waals surface area contributed by atoms with E-state index in [1.807, 2.05) is 54.0 Å². The minimum absolute atomic E-state index is 0.0121. The van der Waals surface area contributed by atoms with Crippen LogP contribution in [-0.4, -0.2) is 21.1 Å². The summed E-state index contributed by atoms with van der Waals surface area (Å²) >= 11 is 2.68. The molecular weight excluding hydrogens is 378 g/mol. The predicted octanol–water partition coefficient (Wildman–Crippen LogP) is 3.30. The second-order valence-corrected chi connectivity index (χ2v) is 7.74. The summed E-state index contributed by atoms with van der Waals surface area (Å²) < 4.78 is 2.26. The summed E-state index contributed by atoms with van der Waals surface area (Å²) in [5.74, 6) is 0.239. The lowest BCUT2D eigenvalue weighted by Gasteiger charge is -2.10. The molecule has 0 amide bonds. The van der Waals surface area contributed by atoms with Gasteiger partial charge in [0.15, 0.2) is 22.8 Å². The van der Waals surface area contributed by atoms with E-state index < -0.39 is 0 Å². The Hall–Kier alpha value is -2.77. The SMILES string of the molecule is O=C(CSc1nc2ccsc2c(=O)n1Cc1cccc[nH+]1)c1ccccc1. The number of nitrogens with one attached hydrogen (secondary N) is 1. The van der Waals surface area contributed by atoms with Crippen LogP contribution >= 0.6 is 23.1 Å². The first-order chi connectivity index (χ1) is 13.2. The van der Waals surface area contributed by atoms with Gasteiger partial charge in [0.1, 0.15) is 11.2 Å². The molecule has 27 heavy (non-hydrogen) atoms. The lowest BCUT2D eigenvalue weighted by molar-refractivity contribution is -0.391. The molecular formula is C20H16N3O2S2+. The minimum Gasteiger partial charge on any atom is -0.293 e. The third-order valence-electron chi connectivity index (χ3n) is 4.06. The minimum atomic E-state index is -0.0816. The number of ketones is 1. The highest BCUT2D eigenvalue weighted by Crippen LogP contribution is 2.22. The number of fused-ring (bicyclic) bond motifs is 1. The fraction of sp³-hybridized carbons (Fsp3) is 0.100. The second-order valence-electron chi connectivity index (χ2n) is 5.89. The molecule has 0 atom stereocenters. The normalized spacial score (nSPS) is 11.0.